The van der Waals surface area contributed by atoms with Crippen molar-refractivity contribution in [2.75, 3.05) is 7.05 Å². The Bertz CT molecular complexity index is 338. The molecule has 0 saturated carbocycles. The largest absolute Gasteiger partial charge is 0.504 e. The molecule has 0 unspecified atom stereocenters. The molecule has 1 N–H and O–H groups in total. The number of ketones is 1. The van der Waals surface area contributed by atoms with Gasteiger partial charge >= 0.3 is 12.4 Å². The summed E-state index contributed by atoms with van der Waals surface area (Å²) in [5.41, 5.74) is -1.94. The van der Waals surface area contributed by atoms with Crippen LogP contribution in [0.1, 0.15) is 0 Å². The van der Waals surface area contributed by atoms with Crippen molar-refractivity contribution in [2.45, 2.75) is 12.4 Å². The van der Waals surface area contributed by atoms with Crippen LogP contribution >= 0.6 is 0 Å². The first kappa shape index (κ1) is 14.5. The minimum Gasteiger partial charge on any atom is -0.504 e. The highest BCUT2D eigenvalue weighted by Gasteiger charge is 2.46. The first-order chi connectivity index (χ1) is 7.01. The Hall–Kier alpha value is -1.54. The van der Waals surface area contributed by atoms with Crippen molar-refractivity contribution in [3.8, 4) is 0 Å². The van der Waals surface area contributed by atoms with E-state index in [1.807, 2.05) is 0 Å². The second kappa shape index (κ2) is 4.54. The van der Waals surface area contributed by atoms with Gasteiger partial charge in [0.1, 0.15) is 0 Å². The van der Waals surface area contributed by atoms with Crippen molar-refractivity contribution in [1.82, 2.24) is 0 Å². The number of carbonyl (C=O) groups is 1. The predicted molar refractivity (Wildman–Crippen MR) is 41.2 cm³/mol. The number of nitrogens with zero attached hydrogens (tertiary/aromatic N) is 1. The fourth-order valence-electron chi connectivity index (χ4n) is 0.662. The van der Waals surface area contributed by atoms with Gasteiger partial charge in [0.2, 0.25) is 5.76 Å². The number of aliphatic hydroxyl groups is 1. The van der Waals surface area contributed by atoms with E-state index in [0.717, 1.165) is 7.05 Å². The molecule has 0 radical (unpaired) electrons. The maximum Gasteiger partial charge on any atom is 0.455 e. The lowest BCUT2D eigenvalue weighted by molar-refractivity contribution is -0.167. The minimum absolute atomic E-state index is 0.00134. The van der Waals surface area contributed by atoms with Gasteiger partial charge in [-0.25, -0.2) is 0 Å². The van der Waals surface area contributed by atoms with Gasteiger partial charge < -0.3 is 5.11 Å². The number of aliphatic imine (C=N–C) groups is 1. The SMILES string of the molecule is CN=C/C(C(=O)C(F)(F)F)=C(/O)C(F)(F)F. The number of halogens is 6. The van der Waals surface area contributed by atoms with Gasteiger partial charge in [-0.05, 0) is 0 Å². The third-order valence-corrected chi connectivity index (χ3v) is 1.28. The van der Waals surface area contributed by atoms with Crippen molar-refractivity contribution in [3.05, 3.63) is 11.3 Å². The van der Waals surface area contributed by atoms with Crippen LogP contribution in [-0.4, -0.2) is 36.5 Å². The molecule has 0 amide bonds. The highest BCUT2D eigenvalue weighted by Crippen LogP contribution is 2.29. The topological polar surface area (TPSA) is 49.7 Å². The summed E-state index contributed by atoms with van der Waals surface area (Å²) in [6, 6.07) is 0. The Morgan fingerprint density at radius 3 is 1.81 bits per heavy atom. The number of rotatable bonds is 2. The monoisotopic (exact) mass is 249 g/mol. The number of allylic oxidation sites excluding steroid dienone is 2. The third-order valence-electron chi connectivity index (χ3n) is 1.28. The second-order valence-electron chi connectivity index (χ2n) is 2.47. The molecular weight excluding hydrogens is 244 g/mol. The molecular formula is C7H5F6NO2. The van der Waals surface area contributed by atoms with Crippen LogP contribution in [0.25, 0.3) is 0 Å². The minimum atomic E-state index is -5.52. The summed E-state index contributed by atoms with van der Waals surface area (Å²) in [7, 11) is 0.854. The molecule has 0 aliphatic carbocycles. The molecule has 0 atom stereocenters. The van der Waals surface area contributed by atoms with Crippen molar-refractivity contribution in [2.24, 2.45) is 4.99 Å². The first-order valence-electron chi connectivity index (χ1n) is 3.56. The van der Waals surface area contributed by atoms with Crippen LogP contribution < -0.4 is 0 Å². The number of Topliss-reactive ketones (excluding diaryl/α,β-unsaturated/α-hetero) is 1. The Balaban J connectivity index is 5.60. The van der Waals surface area contributed by atoms with E-state index in [1.165, 1.54) is 0 Å². The van der Waals surface area contributed by atoms with Gasteiger partial charge in [-0.2, -0.15) is 26.3 Å². The molecule has 92 valence electrons. The quantitative estimate of drug-likeness (QED) is 0.353. The van der Waals surface area contributed by atoms with Crippen molar-refractivity contribution < 1.29 is 36.2 Å². The van der Waals surface area contributed by atoms with Crippen molar-refractivity contribution in [3.63, 3.8) is 0 Å². The Labute approximate surface area is 85.1 Å². The summed E-state index contributed by atoms with van der Waals surface area (Å²) in [4.78, 5) is 13.4. The molecule has 0 saturated heterocycles. The van der Waals surface area contributed by atoms with Gasteiger partial charge in [-0.3, -0.25) is 9.79 Å². The first-order valence-corrected chi connectivity index (χ1v) is 3.56. The summed E-state index contributed by atoms with van der Waals surface area (Å²) in [6.45, 7) is 0. The number of alkyl halides is 6. The fourth-order valence-corrected chi connectivity index (χ4v) is 0.662. The summed E-state index contributed by atoms with van der Waals surface area (Å²) < 4.78 is 71.2. The number of carbonyl (C=O) groups excluding carboxylic acids is 1. The van der Waals surface area contributed by atoms with Gasteiger partial charge in [-0.1, -0.05) is 0 Å². The lowest BCUT2D eigenvalue weighted by atomic mass is 10.1. The zero-order valence-electron chi connectivity index (χ0n) is 7.65. The zero-order chi connectivity index (χ0) is 13.1. The van der Waals surface area contributed by atoms with Crippen LogP contribution in [0.15, 0.2) is 16.3 Å². The maximum atomic E-state index is 11.9. The van der Waals surface area contributed by atoms with E-state index in [9.17, 15) is 31.1 Å². The van der Waals surface area contributed by atoms with Crippen molar-refractivity contribution >= 4 is 12.0 Å². The van der Waals surface area contributed by atoms with Crippen LogP contribution in [0, 0.1) is 0 Å². The van der Waals surface area contributed by atoms with Crippen LogP contribution in [0.3, 0.4) is 0 Å². The summed E-state index contributed by atoms with van der Waals surface area (Å²) in [5, 5.41) is 8.45. The molecule has 16 heavy (non-hydrogen) atoms. The molecule has 0 aliphatic heterocycles. The van der Waals surface area contributed by atoms with Gasteiger partial charge in [0.25, 0.3) is 5.78 Å². The molecule has 0 bridgehead atoms. The smallest absolute Gasteiger partial charge is 0.455 e. The average molecular weight is 249 g/mol. The average Bonchev–Trinajstić information content (AvgIpc) is 2.09. The van der Waals surface area contributed by atoms with E-state index in [4.69, 9.17) is 5.11 Å². The number of hydrogen-bond donors (Lipinski definition) is 1. The standard InChI is InChI=1S/C7H5F6NO2/c1-14-2-3(4(15)6(8,9)10)5(16)7(11,12)13/h2,15H,1H3/b4-3-,14-2?. The van der Waals surface area contributed by atoms with E-state index in [1.54, 1.807) is 0 Å². The Morgan fingerprint density at radius 1 is 1.12 bits per heavy atom. The highest BCUT2D eigenvalue weighted by atomic mass is 19.4. The molecule has 3 nitrogen and oxygen atoms in total. The normalized spacial score (nSPS) is 15.2. The summed E-state index contributed by atoms with van der Waals surface area (Å²) in [6.07, 6.45) is -11.0. The lowest BCUT2D eigenvalue weighted by Crippen LogP contribution is -2.29. The van der Waals surface area contributed by atoms with Crippen LogP contribution in [0.5, 0.6) is 0 Å². The molecule has 0 rings (SSSR count). The molecule has 0 aliphatic rings. The van der Waals surface area contributed by atoms with E-state index in [-0.39, 0.29) is 6.21 Å². The number of hydrogen-bond acceptors (Lipinski definition) is 3. The molecule has 0 aromatic heterocycles. The van der Waals surface area contributed by atoms with E-state index in [0.29, 0.717) is 0 Å². The molecule has 9 heteroatoms. The van der Waals surface area contributed by atoms with Gasteiger partial charge in [-0.15, -0.1) is 0 Å². The number of aliphatic hydroxyl groups excluding tert-OH is 1. The van der Waals surface area contributed by atoms with Crippen LogP contribution in [0.4, 0.5) is 26.3 Å². The van der Waals surface area contributed by atoms with Gasteiger partial charge in [0.15, 0.2) is 0 Å². The van der Waals surface area contributed by atoms with Crippen LogP contribution in [-0.2, 0) is 4.79 Å². The zero-order valence-corrected chi connectivity index (χ0v) is 7.65. The van der Waals surface area contributed by atoms with E-state index < -0.39 is 29.5 Å². The molecule has 0 aromatic rings. The van der Waals surface area contributed by atoms with Gasteiger partial charge in [0, 0.05) is 13.3 Å². The van der Waals surface area contributed by atoms with E-state index >= 15 is 0 Å². The fraction of sp³-hybridized carbons (Fsp3) is 0.429. The summed E-state index contributed by atoms with van der Waals surface area (Å²) >= 11 is 0. The molecule has 0 fully saturated rings. The maximum absolute atomic E-state index is 11.9. The molecule has 0 spiro atoms. The van der Waals surface area contributed by atoms with Crippen LogP contribution in [0.2, 0.25) is 0 Å². The Morgan fingerprint density at radius 2 is 1.56 bits per heavy atom. The third kappa shape index (κ3) is 3.55. The summed E-state index contributed by atoms with van der Waals surface area (Å²) in [5.74, 6) is -5.44. The molecule has 0 heterocycles. The lowest BCUT2D eigenvalue weighted by Gasteiger charge is -2.10. The highest BCUT2D eigenvalue weighted by molar-refractivity contribution is 6.16. The Kier molecular flexibility index (Phi) is 4.10. The van der Waals surface area contributed by atoms with Gasteiger partial charge in [0.05, 0.1) is 5.57 Å². The van der Waals surface area contributed by atoms with E-state index in [2.05, 4.69) is 4.99 Å². The molecule has 0 aromatic carbocycles. The predicted octanol–water partition coefficient (Wildman–Crippen LogP) is 2.19. The second-order valence-corrected chi connectivity index (χ2v) is 2.47. The van der Waals surface area contributed by atoms with Crippen molar-refractivity contribution in [1.29, 1.82) is 0 Å².